The second kappa shape index (κ2) is 5.21. The van der Waals surface area contributed by atoms with Crippen molar-refractivity contribution in [3.8, 4) is 0 Å². The third-order valence-electron chi connectivity index (χ3n) is 8.09. The lowest BCUT2D eigenvalue weighted by molar-refractivity contribution is -0.154. The highest BCUT2D eigenvalue weighted by Gasteiger charge is 2.66. The van der Waals surface area contributed by atoms with Gasteiger partial charge in [-0.15, -0.1) is 0 Å². The zero-order valence-corrected chi connectivity index (χ0v) is 15.3. The van der Waals surface area contributed by atoms with Gasteiger partial charge < -0.3 is 0 Å². The SMILES string of the molecule is CC(=O)[C@@H]1CC(=O)[C@@H]2[C@H]3CCC4=CC(=O)CC[C@@]4(C)[C@@H]3CC(=O)[C@@]21C. The van der Waals surface area contributed by atoms with Gasteiger partial charge >= 0.3 is 0 Å². The minimum Gasteiger partial charge on any atom is -0.300 e. The molecule has 3 saturated carbocycles. The van der Waals surface area contributed by atoms with Gasteiger partial charge in [0, 0.05) is 36.5 Å². The van der Waals surface area contributed by atoms with E-state index in [1.807, 2.05) is 6.92 Å². The van der Waals surface area contributed by atoms with Crippen molar-refractivity contribution in [3.63, 3.8) is 0 Å². The average Bonchev–Trinajstić information content (AvgIpc) is 2.82. The molecule has 6 atom stereocenters. The molecule has 4 heteroatoms. The van der Waals surface area contributed by atoms with Gasteiger partial charge in [-0.1, -0.05) is 19.4 Å². The Morgan fingerprint density at radius 2 is 1.84 bits per heavy atom. The van der Waals surface area contributed by atoms with Crippen molar-refractivity contribution in [3.05, 3.63) is 11.6 Å². The molecule has 0 spiro atoms. The van der Waals surface area contributed by atoms with Crippen LogP contribution in [0.25, 0.3) is 0 Å². The number of fused-ring (bicyclic) bond motifs is 5. The minimum atomic E-state index is -0.813. The summed E-state index contributed by atoms with van der Waals surface area (Å²) in [7, 11) is 0. The number of carbonyl (C=O) groups is 4. The highest BCUT2D eigenvalue weighted by atomic mass is 16.2. The van der Waals surface area contributed by atoms with Gasteiger partial charge in [-0.25, -0.2) is 0 Å². The largest absolute Gasteiger partial charge is 0.300 e. The maximum absolute atomic E-state index is 13.2. The Labute approximate surface area is 148 Å². The summed E-state index contributed by atoms with van der Waals surface area (Å²) in [5, 5.41) is 0. The third kappa shape index (κ3) is 2.06. The van der Waals surface area contributed by atoms with E-state index in [4.69, 9.17) is 0 Å². The van der Waals surface area contributed by atoms with Crippen molar-refractivity contribution >= 4 is 23.1 Å². The zero-order chi connectivity index (χ0) is 18.1. The molecular formula is C21H26O4. The second-order valence-electron chi connectivity index (χ2n) is 9.08. The molecule has 0 N–H and O–H groups in total. The van der Waals surface area contributed by atoms with Gasteiger partial charge in [-0.3, -0.25) is 19.2 Å². The van der Waals surface area contributed by atoms with E-state index in [9.17, 15) is 19.2 Å². The van der Waals surface area contributed by atoms with Crippen LogP contribution >= 0.6 is 0 Å². The van der Waals surface area contributed by atoms with Crippen molar-refractivity contribution in [2.45, 2.75) is 59.3 Å². The predicted molar refractivity (Wildman–Crippen MR) is 91.7 cm³/mol. The van der Waals surface area contributed by atoms with Crippen LogP contribution in [0.4, 0.5) is 0 Å². The quantitative estimate of drug-likeness (QED) is 0.734. The molecule has 0 amide bonds. The standard InChI is InChI=1S/C21H26O4/c1-11(22)15-9-17(24)19-14-5-4-12-8-13(23)6-7-20(12,2)16(14)10-18(25)21(15,19)3/h8,14-16,19H,4-7,9-10H2,1-3H3/t14-,15-,16+,19-,20+,21-/m0/s1. The summed E-state index contributed by atoms with van der Waals surface area (Å²) in [6.45, 7) is 5.56. The van der Waals surface area contributed by atoms with Crippen LogP contribution in [0.2, 0.25) is 0 Å². The lowest BCUT2D eigenvalue weighted by Crippen LogP contribution is -2.56. The van der Waals surface area contributed by atoms with Gasteiger partial charge in [0.15, 0.2) is 5.78 Å². The maximum Gasteiger partial charge on any atom is 0.155 e. The first-order valence-electron chi connectivity index (χ1n) is 9.50. The zero-order valence-electron chi connectivity index (χ0n) is 15.3. The van der Waals surface area contributed by atoms with E-state index in [0.717, 1.165) is 19.3 Å². The van der Waals surface area contributed by atoms with Gasteiger partial charge in [-0.2, -0.15) is 0 Å². The Bertz CT molecular complexity index is 732. The van der Waals surface area contributed by atoms with Gasteiger partial charge in [0.25, 0.3) is 0 Å². The number of Topliss-reactive ketones (excluding diaryl/α,β-unsaturated/α-hetero) is 3. The Balaban J connectivity index is 1.78. The molecule has 0 radical (unpaired) electrons. The van der Waals surface area contributed by atoms with E-state index < -0.39 is 11.3 Å². The molecule has 0 aliphatic heterocycles. The van der Waals surface area contributed by atoms with Crippen LogP contribution in [0.5, 0.6) is 0 Å². The molecule has 25 heavy (non-hydrogen) atoms. The first-order valence-corrected chi connectivity index (χ1v) is 9.50. The minimum absolute atomic E-state index is 0.0315. The number of carbonyl (C=O) groups excluding carboxylic acids is 4. The van der Waals surface area contributed by atoms with Crippen molar-refractivity contribution < 1.29 is 19.2 Å². The smallest absolute Gasteiger partial charge is 0.155 e. The summed E-state index contributed by atoms with van der Waals surface area (Å²) < 4.78 is 0. The fourth-order valence-electron chi connectivity index (χ4n) is 6.66. The van der Waals surface area contributed by atoms with E-state index >= 15 is 0 Å². The van der Waals surface area contributed by atoms with Crippen LogP contribution < -0.4 is 0 Å². The van der Waals surface area contributed by atoms with Crippen LogP contribution in [-0.4, -0.2) is 23.1 Å². The average molecular weight is 342 g/mol. The van der Waals surface area contributed by atoms with Crippen LogP contribution in [0.15, 0.2) is 11.6 Å². The molecule has 4 aliphatic carbocycles. The molecule has 4 nitrogen and oxygen atoms in total. The molecule has 0 heterocycles. The van der Waals surface area contributed by atoms with E-state index in [1.54, 1.807) is 6.08 Å². The Morgan fingerprint density at radius 3 is 2.52 bits per heavy atom. The van der Waals surface area contributed by atoms with Gasteiger partial charge in [-0.05, 0) is 49.5 Å². The number of hydrogen-bond acceptors (Lipinski definition) is 4. The molecule has 0 aromatic rings. The van der Waals surface area contributed by atoms with Gasteiger partial charge in [0.1, 0.15) is 17.3 Å². The van der Waals surface area contributed by atoms with E-state index in [1.165, 1.54) is 12.5 Å². The van der Waals surface area contributed by atoms with Crippen LogP contribution in [0, 0.1) is 34.5 Å². The number of ketones is 4. The fraction of sp³-hybridized carbons (Fsp3) is 0.714. The summed E-state index contributed by atoms with van der Waals surface area (Å²) in [4.78, 5) is 50.1. The number of allylic oxidation sites excluding steroid dienone is 1. The highest BCUT2D eigenvalue weighted by molar-refractivity contribution is 6.03. The first-order chi connectivity index (χ1) is 11.7. The summed E-state index contributed by atoms with van der Waals surface area (Å²) in [5.41, 5.74) is 0.212. The van der Waals surface area contributed by atoms with Crippen LogP contribution in [-0.2, 0) is 19.2 Å². The molecule has 0 saturated heterocycles. The molecular weight excluding hydrogens is 316 g/mol. The fourth-order valence-corrected chi connectivity index (χ4v) is 6.66. The molecule has 134 valence electrons. The lowest BCUT2D eigenvalue weighted by atomic mass is 9.46. The Morgan fingerprint density at radius 1 is 1.12 bits per heavy atom. The Hall–Kier alpha value is -1.58. The first kappa shape index (κ1) is 16.9. The van der Waals surface area contributed by atoms with E-state index in [0.29, 0.717) is 12.8 Å². The summed E-state index contributed by atoms with van der Waals surface area (Å²) in [6.07, 6.45) is 5.46. The molecule has 0 aromatic heterocycles. The molecule has 3 fully saturated rings. The normalized spacial score (nSPS) is 46.2. The molecule has 0 bridgehead atoms. The molecule has 4 aliphatic rings. The monoisotopic (exact) mass is 342 g/mol. The number of hydrogen-bond donors (Lipinski definition) is 0. The van der Waals surface area contributed by atoms with Gasteiger partial charge in [0.2, 0.25) is 0 Å². The van der Waals surface area contributed by atoms with Crippen LogP contribution in [0.3, 0.4) is 0 Å². The topological polar surface area (TPSA) is 68.3 Å². The van der Waals surface area contributed by atoms with Crippen molar-refractivity contribution in [1.29, 1.82) is 0 Å². The molecule has 4 rings (SSSR count). The molecule has 0 aromatic carbocycles. The summed E-state index contributed by atoms with van der Waals surface area (Å²) >= 11 is 0. The third-order valence-corrected chi connectivity index (χ3v) is 8.09. The number of rotatable bonds is 1. The molecule has 0 unspecified atom stereocenters. The summed E-state index contributed by atoms with van der Waals surface area (Å²) in [6, 6.07) is 0. The maximum atomic E-state index is 13.2. The van der Waals surface area contributed by atoms with Crippen molar-refractivity contribution in [1.82, 2.24) is 0 Å². The van der Waals surface area contributed by atoms with E-state index in [2.05, 4.69) is 6.92 Å². The van der Waals surface area contributed by atoms with Crippen molar-refractivity contribution in [2.75, 3.05) is 0 Å². The summed E-state index contributed by atoms with van der Waals surface area (Å²) in [5.74, 6) is -0.129. The predicted octanol–water partition coefficient (Wildman–Crippen LogP) is 3.08. The lowest BCUT2D eigenvalue weighted by Gasteiger charge is -2.56. The van der Waals surface area contributed by atoms with Crippen molar-refractivity contribution in [2.24, 2.45) is 34.5 Å². The Kier molecular flexibility index (Phi) is 3.52. The van der Waals surface area contributed by atoms with Crippen LogP contribution in [0.1, 0.15) is 59.3 Å². The second-order valence-corrected chi connectivity index (χ2v) is 9.08. The highest BCUT2D eigenvalue weighted by Crippen LogP contribution is 2.64. The van der Waals surface area contributed by atoms with Gasteiger partial charge in [0.05, 0.1) is 0 Å². The van der Waals surface area contributed by atoms with E-state index in [-0.39, 0.29) is 52.7 Å².